The van der Waals surface area contributed by atoms with Crippen LogP contribution in [0.2, 0.25) is 0 Å². The van der Waals surface area contributed by atoms with E-state index < -0.39 is 12.1 Å². The maximum absolute atomic E-state index is 12.8. The molecule has 1 saturated heterocycles. The standard InChI is InChI=1S/C39H54N10O5/c1-5-6-21-54-38-46-33(41)32-34(47-38)49(39(53)45-32)23-28-9-7-27(8-10-28)22-48-19-16-26(17-20-48)15-18-42-36(51)29-11-13-30(14-12-29)44-35(50)25(4)43-37(52)31(40)24(2)3/h7-14,24-26,31H,5-6,15-23,40H2,1-4H3,(H,42,51)(H,43,52)(H,44,50)(H,45,53)(H2,41,46,47)/t25-,31-/m0/s1. The molecule has 0 spiro atoms. The van der Waals surface area contributed by atoms with Crippen molar-refractivity contribution in [3.63, 3.8) is 0 Å². The lowest BCUT2D eigenvalue weighted by atomic mass is 9.93. The number of fused-ring (bicyclic) bond motifs is 1. The fourth-order valence-electron chi connectivity index (χ4n) is 6.30. The molecule has 0 saturated carbocycles. The van der Waals surface area contributed by atoms with E-state index in [2.05, 4.69) is 54.9 Å². The zero-order valence-corrected chi connectivity index (χ0v) is 31.7. The van der Waals surface area contributed by atoms with Gasteiger partial charge in [-0.3, -0.25) is 23.9 Å². The molecular weight excluding hydrogens is 688 g/mol. The highest BCUT2D eigenvalue weighted by molar-refractivity contribution is 5.98. The lowest BCUT2D eigenvalue weighted by Crippen LogP contribution is -2.50. The Bertz CT molecular complexity index is 1930. The van der Waals surface area contributed by atoms with Gasteiger partial charge in [-0.2, -0.15) is 9.97 Å². The van der Waals surface area contributed by atoms with Crippen molar-refractivity contribution < 1.29 is 19.1 Å². The van der Waals surface area contributed by atoms with E-state index in [0.29, 0.717) is 48.0 Å². The molecule has 54 heavy (non-hydrogen) atoms. The topological polar surface area (TPSA) is 215 Å². The Labute approximate surface area is 315 Å². The number of H-pyrrole nitrogens is 1. The summed E-state index contributed by atoms with van der Waals surface area (Å²) in [6.45, 7) is 11.6. The molecule has 290 valence electrons. The van der Waals surface area contributed by atoms with E-state index in [1.54, 1.807) is 35.8 Å². The van der Waals surface area contributed by atoms with Crippen molar-refractivity contribution >= 4 is 40.4 Å². The van der Waals surface area contributed by atoms with Crippen LogP contribution in [0.3, 0.4) is 0 Å². The van der Waals surface area contributed by atoms with Gasteiger partial charge in [-0.15, -0.1) is 0 Å². The van der Waals surface area contributed by atoms with Crippen LogP contribution >= 0.6 is 0 Å². The fraction of sp³-hybridized carbons (Fsp3) is 0.487. The van der Waals surface area contributed by atoms with Crippen LogP contribution in [0.4, 0.5) is 11.5 Å². The third-order valence-corrected chi connectivity index (χ3v) is 9.86. The minimum Gasteiger partial charge on any atom is -0.463 e. The van der Waals surface area contributed by atoms with Crippen LogP contribution < -0.4 is 37.8 Å². The third-order valence-electron chi connectivity index (χ3n) is 9.86. The van der Waals surface area contributed by atoms with E-state index in [4.69, 9.17) is 16.2 Å². The monoisotopic (exact) mass is 742 g/mol. The summed E-state index contributed by atoms with van der Waals surface area (Å²) in [5.41, 5.74) is 15.7. The highest BCUT2D eigenvalue weighted by atomic mass is 16.5. The van der Waals surface area contributed by atoms with Gasteiger partial charge in [0.2, 0.25) is 11.8 Å². The van der Waals surface area contributed by atoms with Crippen molar-refractivity contribution in [2.24, 2.45) is 17.6 Å². The molecule has 0 bridgehead atoms. The van der Waals surface area contributed by atoms with Gasteiger partial charge in [0.1, 0.15) is 11.6 Å². The number of hydrogen-bond donors (Lipinski definition) is 6. The Morgan fingerprint density at radius 3 is 2.28 bits per heavy atom. The zero-order chi connectivity index (χ0) is 38.8. The molecule has 3 amide bonds. The van der Waals surface area contributed by atoms with Crippen LogP contribution in [0.1, 0.15) is 81.3 Å². The van der Waals surface area contributed by atoms with E-state index >= 15 is 0 Å². The van der Waals surface area contributed by atoms with E-state index in [-0.39, 0.29) is 41.2 Å². The lowest BCUT2D eigenvalue weighted by molar-refractivity contribution is -0.127. The summed E-state index contributed by atoms with van der Waals surface area (Å²) in [4.78, 5) is 64.2. The first-order valence-electron chi connectivity index (χ1n) is 18.9. The van der Waals surface area contributed by atoms with Gasteiger partial charge >= 0.3 is 11.7 Å². The molecule has 0 unspecified atom stereocenters. The van der Waals surface area contributed by atoms with Crippen molar-refractivity contribution in [1.29, 1.82) is 0 Å². The molecule has 5 rings (SSSR count). The van der Waals surface area contributed by atoms with Gasteiger partial charge < -0.3 is 37.1 Å². The number of nitrogens with one attached hydrogen (secondary N) is 4. The van der Waals surface area contributed by atoms with Gasteiger partial charge in [0.25, 0.3) is 5.91 Å². The number of carbonyl (C=O) groups is 3. The Balaban J connectivity index is 1.02. The zero-order valence-electron chi connectivity index (χ0n) is 31.7. The number of likely N-dealkylation sites (tertiary alicyclic amines) is 1. The second-order valence-electron chi connectivity index (χ2n) is 14.5. The number of piperidine rings is 1. The Hall–Kier alpha value is -5.28. The van der Waals surface area contributed by atoms with Crippen molar-refractivity contribution in [3.05, 3.63) is 75.7 Å². The average molecular weight is 743 g/mol. The smallest absolute Gasteiger partial charge is 0.328 e. The quantitative estimate of drug-likeness (QED) is 0.0868. The molecule has 8 N–H and O–H groups in total. The number of nitrogen functional groups attached to an aromatic ring is 1. The highest BCUT2D eigenvalue weighted by Crippen LogP contribution is 2.23. The van der Waals surface area contributed by atoms with Gasteiger partial charge in [0.15, 0.2) is 11.5 Å². The number of amides is 3. The number of aromatic amines is 1. The molecule has 2 atom stereocenters. The molecule has 1 fully saturated rings. The molecule has 2 aromatic heterocycles. The fourth-order valence-corrected chi connectivity index (χ4v) is 6.30. The second kappa shape index (κ2) is 18.7. The summed E-state index contributed by atoms with van der Waals surface area (Å²) in [5.74, 6) is -0.241. The number of nitrogens with two attached hydrogens (primary N) is 2. The number of imidazole rings is 1. The predicted molar refractivity (Wildman–Crippen MR) is 209 cm³/mol. The molecule has 1 aliphatic rings. The van der Waals surface area contributed by atoms with Crippen LogP contribution in [-0.4, -0.2) is 80.5 Å². The number of unbranched alkanes of at least 4 members (excludes halogenated alkanes) is 1. The molecule has 15 heteroatoms. The van der Waals surface area contributed by atoms with Gasteiger partial charge in [-0.1, -0.05) is 51.5 Å². The predicted octanol–water partition coefficient (Wildman–Crippen LogP) is 3.39. The minimum absolute atomic E-state index is 0.0433. The molecule has 0 radical (unpaired) electrons. The van der Waals surface area contributed by atoms with Crippen LogP contribution in [0.5, 0.6) is 6.01 Å². The molecular formula is C39H54N10O5. The Morgan fingerprint density at radius 1 is 0.963 bits per heavy atom. The van der Waals surface area contributed by atoms with Crippen LogP contribution in [-0.2, 0) is 22.7 Å². The Morgan fingerprint density at radius 2 is 1.63 bits per heavy atom. The van der Waals surface area contributed by atoms with Crippen molar-refractivity contribution in [3.8, 4) is 6.01 Å². The van der Waals surface area contributed by atoms with Crippen molar-refractivity contribution in [1.82, 2.24) is 35.1 Å². The Kier molecular flexibility index (Phi) is 13.8. The normalized spacial score (nSPS) is 14.9. The maximum atomic E-state index is 12.8. The van der Waals surface area contributed by atoms with E-state index in [0.717, 1.165) is 57.3 Å². The average Bonchev–Trinajstić information content (AvgIpc) is 3.47. The van der Waals surface area contributed by atoms with Gasteiger partial charge in [-0.25, -0.2) is 4.79 Å². The van der Waals surface area contributed by atoms with Crippen molar-refractivity contribution in [2.75, 3.05) is 37.3 Å². The number of carbonyl (C=O) groups excluding carboxylic acids is 3. The minimum atomic E-state index is -0.761. The largest absolute Gasteiger partial charge is 0.463 e. The number of benzene rings is 2. The molecule has 2 aromatic carbocycles. The number of anilines is 2. The summed E-state index contributed by atoms with van der Waals surface area (Å²) in [7, 11) is 0. The van der Waals surface area contributed by atoms with Crippen LogP contribution in [0.15, 0.2) is 53.3 Å². The molecule has 0 aliphatic carbocycles. The molecule has 4 aromatic rings. The summed E-state index contributed by atoms with van der Waals surface area (Å²) >= 11 is 0. The lowest BCUT2D eigenvalue weighted by Gasteiger charge is -2.32. The first kappa shape index (κ1) is 39.9. The molecule has 15 nitrogen and oxygen atoms in total. The number of rotatable bonds is 17. The maximum Gasteiger partial charge on any atom is 0.328 e. The van der Waals surface area contributed by atoms with Gasteiger partial charge in [0, 0.05) is 24.3 Å². The SMILES string of the molecule is CCCCOc1nc(N)c2[nH]c(=O)n(Cc3ccc(CN4CCC(CCNC(=O)c5ccc(NC(=O)[C@H](C)NC(=O)[C@@H](N)C(C)C)cc5)CC4)cc3)c2n1. The first-order chi connectivity index (χ1) is 25.9. The first-order valence-corrected chi connectivity index (χ1v) is 18.9. The number of nitrogens with zero attached hydrogens (tertiary/aromatic N) is 4. The van der Waals surface area contributed by atoms with E-state index in [1.807, 2.05) is 26.0 Å². The summed E-state index contributed by atoms with van der Waals surface area (Å²) in [6, 6.07) is 13.7. The van der Waals surface area contributed by atoms with Crippen LogP contribution in [0, 0.1) is 11.8 Å². The summed E-state index contributed by atoms with van der Waals surface area (Å²) in [5, 5.41) is 8.42. The summed E-state index contributed by atoms with van der Waals surface area (Å²) in [6.07, 6.45) is 4.87. The number of aromatic nitrogens is 4. The second-order valence-corrected chi connectivity index (χ2v) is 14.5. The number of hydrogen-bond acceptors (Lipinski definition) is 10. The van der Waals surface area contributed by atoms with Gasteiger partial charge in [0.05, 0.1) is 19.2 Å². The summed E-state index contributed by atoms with van der Waals surface area (Å²) < 4.78 is 7.20. The van der Waals surface area contributed by atoms with Crippen molar-refractivity contribution in [2.45, 2.75) is 85.0 Å². The highest BCUT2D eigenvalue weighted by Gasteiger charge is 2.23. The van der Waals surface area contributed by atoms with E-state index in [1.165, 1.54) is 5.56 Å². The third kappa shape index (κ3) is 10.7. The number of ether oxygens (including phenoxy) is 1. The molecule has 1 aliphatic heterocycles. The van der Waals surface area contributed by atoms with Crippen LogP contribution in [0.25, 0.3) is 11.2 Å². The van der Waals surface area contributed by atoms with E-state index in [9.17, 15) is 19.2 Å². The molecule has 3 heterocycles. The van der Waals surface area contributed by atoms with Gasteiger partial charge in [-0.05, 0) is 92.9 Å².